The average molecular weight is 387 g/mol. The lowest BCUT2D eigenvalue weighted by Gasteiger charge is -2.31. The molecule has 1 aliphatic heterocycles. The van der Waals surface area contributed by atoms with Gasteiger partial charge in [0, 0.05) is 23.4 Å². The van der Waals surface area contributed by atoms with Gasteiger partial charge in [0.15, 0.2) is 5.78 Å². The van der Waals surface area contributed by atoms with E-state index < -0.39 is 0 Å². The minimum Gasteiger partial charge on any atom is -0.461 e. The van der Waals surface area contributed by atoms with Gasteiger partial charge in [-0.25, -0.2) is 9.78 Å². The van der Waals surface area contributed by atoms with Gasteiger partial charge in [0.05, 0.1) is 12.3 Å². The number of hydrogen-bond acceptors (Lipinski definition) is 6. The Morgan fingerprint density at radius 2 is 2.00 bits per heavy atom. The van der Waals surface area contributed by atoms with Crippen LogP contribution in [0.2, 0.25) is 0 Å². The van der Waals surface area contributed by atoms with E-state index in [0.29, 0.717) is 18.2 Å². The van der Waals surface area contributed by atoms with Crippen LogP contribution in [0.3, 0.4) is 0 Å². The van der Waals surface area contributed by atoms with E-state index in [1.165, 1.54) is 16.9 Å². The summed E-state index contributed by atoms with van der Waals surface area (Å²) >= 11 is 1.33. The molecule has 0 aliphatic carbocycles. The van der Waals surface area contributed by atoms with Crippen LogP contribution in [0.5, 0.6) is 0 Å². The number of nitrogens with zero attached hydrogens (tertiary/aromatic N) is 2. The number of likely N-dealkylation sites (tertiary alicyclic amines) is 1. The molecule has 0 N–H and O–H groups in total. The maximum Gasteiger partial charge on any atom is 0.367 e. The molecular weight excluding hydrogens is 360 g/mol. The van der Waals surface area contributed by atoms with Crippen molar-refractivity contribution in [2.45, 2.75) is 40.2 Å². The molecule has 6 heteroatoms. The molecular formula is C21H26N2O3S. The number of carbonyl (C=O) groups excluding carboxylic acids is 2. The molecule has 0 bridgehead atoms. The van der Waals surface area contributed by atoms with Crippen LogP contribution in [0.4, 0.5) is 0 Å². The zero-order valence-corrected chi connectivity index (χ0v) is 17.0. The third-order valence-electron chi connectivity index (χ3n) is 4.99. The van der Waals surface area contributed by atoms with Gasteiger partial charge in [0.1, 0.15) is 0 Å². The molecule has 1 fully saturated rings. The zero-order valence-electron chi connectivity index (χ0n) is 16.2. The number of aryl methyl sites for hydroxylation is 2. The summed E-state index contributed by atoms with van der Waals surface area (Å²) in [5.41, 5.74) is 4.00. The molecule has 0 spiro atoms. The molecule has 3 rings (SSSR count). The van der Waals surface area contributed by atoms with Crippen molar-refractivity contribution in [2.75, 3.05) is 19.7 Å². The Morgan fingerprint density at radius 3 is 2.67 bits per heavy atom. The van der Waals surface area contributed by atoms with Crippen LogP contribution in [0.15, 0.2) is 23.6 Å². The minimum absolute atomic E-state index is 0.0909. The third kappa shape index (κ3) is 4.82. The molecule has 1 saturated heterocycles. The van der Waals surface area contributed by atoms with Crippen molar-refractivity contribution in [2.24, 2.45) is 5.92 Å². The molecule has 1 aliphatic rings. The number of thiazole rings is 1. The quantitative estimate of drug-likeness (QED) is 0.554. The number of ketones is 1. The van der Waals surface area contributed by atoms with Crippen LogP contribution in [0.1, 0.15) is 56.7 Å². The highest BCUT2D eigenvalue weighted by atomic mass is 32.1. The minimum atomic E-state index is -0.355. The molecule has 144 valence electrons. The average Bonchev–Trinajstić information content (AvgIpc) is 3.11. The number of aromatic nitrogens is 1. The van der Waals surface area contributed by atoms with Crippen LogP contribution < -0.4 is 0 Å². The van der Waals surface area contributed by atoms with Crippen molar-refractivity contribution < 1.29 is 14.3 Å². The molecule has 1 aromatic carbocycles. The van der Waals surface area contributed by atoms with Gasteiger partial charge in [-0.2, -0.15) is 0 Å². The van der Waals surface area contributed by atoms with E-state index in [1.54, 1.807) is 6.92 Å². The Kier molecular flexibility index (Phi) is 6.39. The summed E-state index contributed by atoms with van der Waals surface area (Å²) in [7, 11) is 0. The number of rotatable bonds is 6. The molecule has 0 unspecified atom stereocenters. The summed E-state index contributed by atoms with van der Waals surface area (Å²) in [5.74, 6) is 0.00473. The first-order chi connectivity index (χ1) is 13.0. The molecule has 5 nitrogen and oxygen atoms in total. The van der Waals surface area contributed by atoms with Crippen molar-refractivity contribution in [1.29, 1.82) is 0 Å². The number of esters is 1. The van der Waals surface area contributed by atoms with Gasteiger partial charge in [-0.15, -0.1) is 11.3 Å². The first-order valence-electron chi connectivity index (χ1n) is 9.43. The lowest BCUT2D eigenvalue weighted by atomic mass is 9.87. The second-order valence-corrected chi connectivity index (χ2v) is 7.96. The molecule has 0 atom stereocenters. The number of hydrogen-bond donors (Lipinski definition) is 0. The van der Waals surface area contributed by atoms with Gasteiger partial charge in [0.25, 0.3) is 0 Å². The van der Waals surface area contributed by atoms with Crippen molar-refractivity contribution in [3.8, 4) is 0 Å². The Hall–Kier alpha value is -2.05. The Morgan fingerprint density at radius 1 is 1.26 bits per heavy atom. The number of benzene rings is 1. The molecule has 0 saturated carbocycles. The Balaban J connectivity index is 1.54. The van der Waals surface area contributed by atoms with Gasteiger partial charge >= 0.3 is 5.97 Å². The topological polar surface area (TPSA) is 59.5 Å². The standard InChI is InChI=1S/C21H26N2O3S/c1-4-26-21(25)20-22-17(13-27-20)12-23-9-7-16(8-10-23)19(24)18-6-5-14(2)11-15(18)3/h5-6,11,13,16H,4,7-10,12H2,1-3H3. The summed E-state index contributed by atoms with van der Waals surface area (Å²) in [6.07, 6.45) is 1.72. The summed E-state index contributed by atoms with van der Waals surface area (Å²) < 4.78 is 4.99. The fourth-order valence-corrected chi connectivity index (χ4v) is 4.26. The smallest absolute Gasteiger partial charge is 0.367 e. The predicted molar refractivity (Wildman–Crippen MR) is 106 cm³/mol. The van der Waals surface area contributed by atoms with Gasteiger partial charge in [-0.05, 0) is 52.3 Å². The Bertz CT molecular complexity index is 823. The highest BCUT2D eigenvalue weighted by Crippen LogP contribution is 2.25. The number of carbonyl (C=O) groups is 2. The van der Waals surface area contributed by atoms with E-state index in [0.717, 1.165) is 42.8 Å². The van der Waals surface area contributed by atoms with Crippen LogP contribution in [0.25, 0.3) is 0 Å². The molecule has 1 aromatic heterocycles. The van der Waals surface area contributed by atoms with Crippen LogP contribution in [0, 0.1) is 19.8 Å². The van der Waals surface area contributed by atoms with E-state index in [-0.39, 0.29) is 17.7 Å². The number of Topliss-reactive ketones (excluding diaryl/α,β-unsaturated/α-hetero) is 1. The van der Waals surface area contributed by atoms with Crippen LogP contribution in [-0.2, 0) is 11.3 Å². The third-order valence-corrected chi connectivity index (χ3v) is 5.86. The maximum absolute atomic E-state index is 12.9. The first kappa shape index (κ1) is 19.7. The predicted octanol–water partition coefficient (Wildman–Crippen LogP) is 4.03. The molecule has 2 aromatic rings. The van der Waals surface area contributed by atoms with E-state index in [1.807, 2.05) is 31.4 Å². The second kappa shape index (κ2) is 8.76. The van der Waals surface area contributed by atoms with Crippen molar-refractivity contribution in [3.63, 3.8) is 0 Å². The number of ether oxygens (including phenoxy) is 1. The molecule has 0 radical (unpaired) electrons. The highest BCUT2D eigenvalue weighted by molar-refractivity contribution is 7.11. The van der Waals surface area contributed by atoms with E-state index >= 15 is 0 Å². The van der Waals surface area contributed by atoms with Crippen LogP contribution >= 0.6 is 11.3 Å². The second-order valence-electron chi connectivity index (χ2n) is 7.10. The van der Waals surface area contributed by atoms with E-state index in [4.69, 9.17) is 4.74 Å². The molecule has 0 amide bonds. The maximum atomic E-state index is 12.9. The fourth-order valence-electron chi connectivity index (χ4n) is 3.56. The van der Waals surface area contributed by atoms with Crippen molar-refractivity contribution in [3.05, 3.63) is 51.0 Å². The van der Waals surface area contributed by atoms with E-state index in [2.05, 4.69) is 16.0 Å². The summed E-state index contributed by atoms with van der Waals surface area (Å²) in [4.78, 5) is 31.3. The number of piperidine rings is 1. The van der Waals surface area contributed by atoms with Gasteiger partial charge in [0.2, 0.25) is 5.01 Å². The SMILES string of the molecule is CCOC(=O)c1nc(CN2CCC(C(=O)c3ccc(C)cc3C)CC2)cs1. The van der Waals surface area contributed by atoms with Crippen molar-refractivity contribution in [1.82, 2.24) is 9.88 Å². The van der Waals surface area contributed by atoms with Gasteiger partial charge in [-0.1, -0.05) is 23.8 Å². The van der Waals surface area contributed by atoms with Crippen molar-refractivity contribution >= 4 is 23.1 Å². The fraction of sp³-hybridized carbons (Fsp3) is 0.476. The van der Waals surface area contributed by atoms with Gasteiger partial charge in [-0.3, -0.25) is 9.69 Å². The van der Waals surface area contributed by atoms with Crippen LogP contribution in [-0.4, -0.2) is 41.3 Å². The van der Waals surface area contributed by atoms with Gasteiger partial charge < -0.3 is 4.74 Å². The highest BCUT2D eigenvalue weighted by Gasteiger charge is 2.27. The summed E-state index contributed by atoms with van der Waals surface area (Å²) in [6, 6.07) is 6.05. The lowest BCUT2D eigenvalue weighted by molar-refractivity contribution is 0.0525. The first-order valence-corrected chi connectivity index (χ1v) is 10.3. The summed E-state index contributed by atoms with van der Waals surface area (Å²) in [5, 5.41) is 2.32. The summed E-state index contributed by atoms with van der Waals surface area (Å²) in [6.45, 7) is 8.65. The lowest BCUT2D eigenvalue weighted by Crippen LogP contribution is -2.36. The largest absolute Gasteiger partial charge is 0.461 e. The Labute approximate surface area is 164 Å². The zero-order chi connectivity index (χ0) is 19.4. The molecule has 27 heavy (non-hydrogen) atoms. The monoisotopic (exact) mass is 386 g/mol. The van der Waals surface area contributed by atoms with E-state index in [9.17, 15) is 9.59 Å². The molecule has 2 heterocycles. The normalized spacial score (nSPS) is 15.7.